The van der Waals surface area contributed by atoms with Gasteiger partial charge in [-0.3, -0.25) is 4.79 Å². The van der Waals surface area contributed by atoms with Crippen LogP contribution in [0.15, 0.2) is 48.5 Å². The van der Waals surface area contributed by atoms with Crippen molar-refractivity contribution in [2.24, 2.45) is 5.92 Å². The van der Waals surface area contributed by atoms with Crippen LogP contribution >= 0.6 is 0 Å². The molecule has 2 aromatic carbocycles. The Bertz CT molecular complexity index is 1130. The fraction of sp³-hybridized carbons (Fsp3) is 0.548. The van der Waals surface area contributed by atoms with E-state index in [2.05, 4.69) is 0 Å². The van der Waals surface area contributed by atoms with Crippen molar-refractivity contribution >= 4 is 12.0 Å². The zero-order chi connectivity index (χ0) is 28.7. The molecule has 2 aliphatic rings. The van der Waals surface area contributed by atoms with Crippen LogP contribution in [0.2, 0.25) is 0 Å². The fourth-order valence-electron chi connectivity index (χ4n) is 5.28. The number of ether oxygens (including phenoxy) is 3. The number of nitrogens with zero attached hydrogens (tertiary/aromatic N) is 2. The van der Waals surface area contributed by atoms with Crippen molar-refractivity contribution in [3.8, 4) is 0 Å². The lowest BCUT2D eigenvalue weighted by atomic mass is 9.84. The third kappa shape index (κ3) is 8.48. The van der Waals surface area contributed by atoms with Crippen LogP contribution in [0.1, 0.15) is 57.6 Å². The first kappa shape index (κ1) is 29.9. The van der Waals surface area contributed by atoms with Gasteiger partial charge in [0.15, 0.2) is 0 Å². The first-order chi connectivity index (χ1) is 19.1. The van der Waals surface area contributed by atoms with Gasteiger partial charge in [0.25, 0.3) is 0 Å². The Morgan fingerprint density at radius 1 is 1.02 bits per heavy atom. The zero-order valence-electron chi connectivity index (χ0n) is 23.6. The summed E-state index contributed by atoms with van der Waals surface area (Å²) in [7, 11) is 0. The van der Waals surface area contributed by atoms with Gasteiger partial charge < -0.3 is 24.0 Å². The molecule has 1 aliphatic carbocycles. The van der Waals surface area contributed by atoms with Gasteiger partial charge in [-0.2, -0.15) is 0 Å². The summed E-state index contributed by atoms with van der Waals surface area (Å²) in [5.41, 5.74) is 0.668. The molecule has 0 N–H and O–H groups in total. The summed E-state index contributed by atoms with van der Waals surface area (Å²) in [6.07, 6.45) is 2.01. The van der Waals surface area contributed by atoms with E-state index in [-0.39, 0.29) is 48.8 Å². The maximum Gasteiger partial charge on any atom is 0.410 e. The quantitative estimate of drug-likeness (QED) is 0.416. The van der Waals surface area contributed by atoms with Crippen LogP contribution in [-0.4, -0.2) is 65.9 Å². The molecule has 4 rings (SSSR count). The number of amides is 2. The third-order valence-corrected chi connectivity index (χ3v) is 7.35. The average molecular weight is 559 g/mol. The molecule has 2 aromatic rings. The highest BCUT2D eigenvalue weighted by Gasteiger charge is 2.36. The van der Waals surface area contributed by atoms with Crippen LogP contribution in [0.3, 0.4) is 0 Å². The lowest BCUT2D eigenvalue weighted by molar-refractivity contribution is -0.147. The van der Waals surface area contributed by atoms with Crippen LogP contribution in [0.4, 0.5) is 13.6 Å². The summed E-state index contributed by atoms with van der Waals surface area (Å²) in [4.78, 5) is 30.1. The summed E-state index contributed by atoms with van der Waals surface area (Å²) < 4.78 is 44.5. The largest absolute Gasteiger partial charge is 0.444 e. The molecule has 1 aliphatic heterocycles. The number of carbonyl (C=O) groups excluding carboxylic acids is 2. The van der Waals surface area contributed by atoms with Crippen LogP contribution in [0, 0.1) is 17.6 Å². The highest BCUT2D eigenvalue weighted by Crippen LogP contribution is 2.31. The first-order valence-corrected chi connectivity index (χ1v) is 14.0. The molecule has 9 heteroatoms. The molecule has 2 fully saturated rings. The molecule has 1 saturated heterocycles. The number of benzene rings is 2. The highest BCUT2D eigenvalue weighted by atomic mass is 19.1. The number of carbonyl (C=O) groups is 2. The second-order valence-electron chi connectivity index (χ2n) is 11.6. The van der Waals surface area contributed by atoms with Crippen molar-refractivity contribution in [3.63, 3.8) is 0 Å². The molecule has 0 bridgehead atoms. The Morgan fingerprint density at radius 2 is 1.73 bits per heavy atom. The molecule has 7 nitrogen and oxygen atoms in total. The molecule has 1 atom stereocenters. The van der Waals surface area contributed by atoms with E-state index in [4.69, 9.17) is 14.2 Å². The minimum absolute atomic E-state index is 0.0758. The topological polar surface area (TPSA) is 68.3 Å². The van der Waals surface area contributed by atoms with Crippen molar-refractivity contribution in [2.45, 2.75) is 77.4 Å². The van der Waals surface area contributed by atoms with Crippen LogP contribution < -0.4 is 0 Å². The lowest BCUT2D eigenvalue weighted by Gasteiger charge is -2.39. The molecule has 0 aromatic heterocycles. The first-order valence-electron chi connectivity index (χ1n) is 14.0. The number of morpholine rings is 1. The monoisotopic (exact) mass is 558 g/mol. The van der Waals surface area contributed by atoms with E-state index >= 15 is 0 Å². The van der Waals surface area contributed by atoms with Gasteiger partial charge in [0.2, 0.25) is 5.91 Å². The lowest BCUT2D eigenvalue weighted by Crippen LogP contribution is -2.50. The van der Waals surface area contributed by atoms with Crippen molar-refractivity contribution in [3.05, 3.63) is 71.3 Å². The molecule has 0 unspecified atom stereocenters. The Labute approximate surface area is 235 Å². The number of hydrogen-bond donors (Lipinski definition) is 0. The Balaban J connectivity index is 1.30. The van der Waals surface area contributed by atoms with Crippen molar-refractivity contribution in [1.29, 1.82) is 0 Å². The smallest absolute Gasteiger partial charge is 0.410 e. The number of halogens is 2. The SMILES string of the molecule is CC(C)(C)OC(=O)N(Cc1ccc(F)cc1)C1CCC(C(=O)N2CCO[C@H](COCc3ccccc3F)C2)CC1. The minimum Gasteiger partial charge on any atom is -0.444 e. The van der Waals surface area contributed by atoms with Crippen LogP contribution in [0.25, 0.3) is 0 Å². The van der Waals surface area contributed by atoms with Crippen LogP contribution in [-0.2, 0) is 32.2 Å². The number of rotatable bonds is 8. The molecular formula is C31H40F2N2O5. The molecular weight excluding hydrogens is 518 g/mol. The predicted molar refractivity (Wildman–Crippen MR) is 146 cm³/mol. The van der Waals surface area contributed by atoms with Gasteiger partial charge in [-0.25, -0.2) is 13.6 Å². The molecule has 218 valence electrons. The van der Waals surface area contributed by atoms with Crippen molar-refractivity contribution in [2.75, 3.05) is 26.3 Å². The average Bonchev–Trinajstić information content (AvgIpc) is 2.93. The molecule has 1 heterocycles. The van der Waals surface area contributed by atoms with E-state index in [1.807, 2.05) is 25.7 Å². The second kappa shape index (κ2) is 13.5. The van der Waals surface area contributed by atoms with Gasteiger partial charge in [-0.15, -0.1) is 0 Å². The standard InChI is InChI=1S/C31H40F2N2O5/c1-31(2,3)40-30(37)35(18-22-8-12-25(32)13-9-22)26-14-10-23(11-15-26)29(36)34-16-17-39-27(19-34)21-38-20-24-6-4-5-7-28(24)33/h4-9,12-13,23,26-27H,10-11,14-21H2,1-3H3/t23?,26?,27-/m0/s1. The molecule has 0 radical (unpaired) electrons. The molecule has 1 saturated carbocycles. The predicted octanol–water partition coefficient (Wildman–Crippen LogP) is 5.70. The van der Waals surface area contributed by atoms with E-state index in [9.17, 15) is 18.4 Å². The maximum absolute atomic E-state index is 13.8. The normalized spacial score (nSPS) is 21.6. The summed E-state index contributed by atoms with van der Waals surface area (Å²) in [5, 5.41) is 0. The maximum atomic E-state index is 13.8. The van der Waals surface area contributed by atoms with Crippen LogP contribution in [0.5, 0.6) is 0 Å². The Kier molecular flexibility index (Phi) is 10.1. The molecule has 2 amide bonds. The summed E-state index contributed by atoms with van der Waals surface area (Å²) >= 11 is 0. The molecule has 40 heavy (non-hydrogen) atoms. The van der Waals surface area contributed by atoms with Gasteiger partial charge in [-0.1, -0.05) is 30.3 Å². The Morgan fingerprint density at radius 3 is 2.40 bits per heavy atom. The van der Waals surface area contributed by atoms with Crippen molar-refractivity contribution < 1.29 is 32.6 Å². The summed E-state index contributed by atoms with van der Waals surface area (Å²) in [6, 6.07) is 12.6. The third-order valence-electron chi connectivity index (χ3n) is 7.35. The van der Waals surface area contributed by atoms with Gasteiger partial charge in [0.1, 0.15) is 17.2 Å². The number of hydrogen-bond acceptors (Lipinski definition) is 5. The Hall–Kier alpha value is -3.04. The second-order valence-corrected chi connectivity index (χ2v) is 11.6. The fourth-order valence-corrected chi connectivity index (χ4v) is 5.28. The summed E-state index contributed by atoms with van der Waals surface area (Å²) in [6.45, 7) is 7.62. The molecule has 0 spiro atoms. The van der Waals surface area contributed by atoms with Gasteiger partial charge >= 0.3 is 6.09 Å². The highest BCUT2D eigenvalue weighted by molar-refractivity contribution is 5.79. The van der Waals surface area contributed by atoms with E-state index < -0.39 is 11.7 Å². The van der Waals surface area contributed by atoms with E-state index in [0.29, 0.717) is 57.5 Å². The van der Waals surface area contributed by atoms with Crippen molar-refractivity contribution in [1.82, 2.24) is 9.80 Å². The van der Waals surface area contributed by atoms with Gasteiger partial charge in [-0.05, 0) is 70.2 Å². The van der Waals surface area contributed by atoms with Gasteiger partial charge in [0.05, 0.1) is 25.9 Å². The summed E-state index contributed by atoms with van der Waals surface area (Å²) in [5.74, 6) is -0.653. The van der Waals surface area contributed by atoms with E-state index in [1.54, 1.807) is 35.2 Å². The van der Waals surface area contributed by atoms with E-state index in [1.165, 1.54) is 18.2 Å². The minimum atomic E-state index is -0.642. The van der Waals surface area contributed by atoms with E-state index in [0.717, 1.165) is 5.56 Å². The zero-order valence-corrected chi connectivity index (χ0v) is 23.6. The van der Waals surface area contributed by atoms with Gasteiger partial charge in [0, 0.05) is 37.2 Å².